The van der Waals surface area contributed by atoms with Gasteiger partial charge in [0.25, 0.3) is 0 Å². The van der Waals surface area contributed by atoms with Crippen LogP contribution in [0.3, 0.4) is 0 Å². The van der Waals surface area contributed by atoms with Gasteiger partial charge in [-0.25, -0.2) is 0 Å². The lowest BCUT2D eigenvalue weighted by Crippen LogP contribution is -2.43. The second kappa shape index (κ2) is 6.81. The van der Waals surface area contributed by atoms with Crippen LogP contribution in [0, 0.1) is 29.6 Å². The van der Waals surface area contributed by atoms with Gasteiger partial charge in [-0.3, -0.25) is 0 Å². The van der Waals surface area contributed by atoms with Crippen LogP contribution < -0.4 is 5.32 Å². The van der Waals surface area contributed by atoms with Gasteiger partial charge in [0, 0.05) is 5.54 Å². The van der Waals surface area contributed by atoms with Gasteiger partial charge in [-0.2, -0.15) is 0 Å². The number of hydrogen-bond donors (Lipinski definition) is 1. The van der Waals surface area contributed by atoms with Crippen molar-refractivity contribution in [1.29, 1.82) is 0 Å². The van der Waals surface area contributed by atoms with Gasteiger partial charge in [0.1, 0.15) is 0 Å². The molecule has 20 heavy (non-hydrogen) atoms. The van der Waals surface area contributed by atoms with Crippen molar-refractivity contribution in [2.24, 2.45) is 29.6 Å². The zero-order chi connectivity index (χ0) is 14.8. The smallest absolute Gasteiger partial charge is 0.00966 e. The fourth-order valence-corrected chi connectivity index (χ4v) is 4.47. The van der Waals surface area contributed by atoms with Crippen LogP contribution in [-0.4, -0.2) is 12.1 Å². The van der Waals surface area contributed by atoms with Crippen molar-refractivity contribution in [2.75, 3.05) is 6.54 Å². The SMILES string of the molecule is CC1CCC(C2CC(C)CCC2CNC(C)(C)C)CC1. The first-order valence-electron chi connectivity index (χ1n) is 9.10. The molecule has 0 bridgehead atoms. The summed E-state index contributed by atoms with van der Waals surface area (Å²) < 4.78 is 0. The minimum Gasteiger partial charge on any atom is -0.312 e. The van der Waals surface area contributed by atoms with E-state index in [9.17, 15) is 0 Å². The molecule has 0 radical (unpaired) electrons. The summed E-state index contributed by atoms with van der Waals surface area (Å²) in [5.41, 5.74) is 0.273. The highest BCUT2D eigenvalue weighted by atomic mass is 14.9. The number of rotatable bonds is 3. The zero-order valence-corrected chi connectivity index (χ0v) is 14.5. The highest BCUT2D eigenvalue weighted by Crippen LogP contribution is 2.44. The Morgan fingerprint density at radius 1 is 0.850 bits per heavy atom. The van der Waals surface area contributed by atoms with Gasteiger partial charge in [0.05, 0.1) is 0 Å². The third kappa shape index (κ3) is 4.76. The Hall–Kier alpha value is -0.0400. The molecule has 0 saturated heterocycles. The van der Waals surface area contributed by atoms with Crippen molar-refractivity contribution in [3.63, 3.8) is 0 Å². The maximum atomic E-state index is 3.78. The molecule has 0 heterocycles. The molecule has 1 heteroatoms. The minimum atomic E-state index is 0.273. The van der Waals surface area contributed by atoms with Crippen molar-refractivity contribution >= 4 is 0 Å². The monoisotopic (exact) mass is 279 g/mol. The van der Waals surface area contributed by atoms with Crippen LogP contribution >= 0.6 is 0 Å². The van der Waals surface area contributed by atoms with Crippen LogP contribution in [0.25, 0.3) is 0 Å². The molecule has 118 valence electrons. The third-order valence-corrected chi connectivity index (χ3v) is 5.87. The van der Waals surface area contributed by atoms with E-state index < -0.39 is 0 Å². The predicted molar refractivity (Wildman–Crippen MR) is 88.9 cm³/mol. The Balaban J connectivity index is 1.93. The van der Waals surface area contributed by atoms with Gasteiger partial charge < -0.3 is 5.32 Å². The molecule has 0 aromatic heterocycles. The van der Waals surface area contributed by atoms with E-state index in [2.05, 4.69) is 39.9 Å². The van der Waals surface area contributed by atoms with Gasteiger partial charge in [0.15, 0.2) is 0 Å². The lowest BCUT2D eigenvalue weighted by Gasteiger charge is -2.43. The normalized spacial score (nSPS) is 39.8. The summed E-state index contributed by atoms with van der Waals surface area (Å²) in [6.07, 6.45) is 10.4. The van der Waals surface area contributed by atoms with Crippen molar-refractivity contribution in [3.8, 4) is 0 Å². The molecular formula is C19H37N. The van der Waals surface area contributed by atoms with E-state index in [0.29, 0.717) is 0 Å². The van der Waals surface area contributed by atoms with E-state index in [1.54, 1.807) is 0 Å². The highest BCUT2D eigenvalue weighted by Gasteiger charge is 2.35. The standard InChI is InChI=1S/C19H37N/c1-14-6-9-16(10-7-14)18-12-15(2)8-11-17(18)13-20-19(3,4)5/h14-18,20H,6-13H2,1-5H3. The minimum absolute atomic E-state index is 0.273. The second-order valence-corrected chi connectivity index (χ2v) is 8.99. The fraction of sp³-hybridized carbons (Fsp3) is 1.00. The molecule has 0 amide bonds. The van der Waals surface area contributed by atoms with Crippen LogP contribution in [0.1, 0.15) is 79.6 Å². The Bertz CT molecular complexity index is 283. The molecule has 2 fully saturated rings. The van der Waals surface area contributed by atoms with Gasteiger partial charge in [0.2, 0.25) is 0 Å². The van der Waals surface area contributed by atoms with Crippen molar-refractivity contribution in [3.05, 3.63) is 0 Å². The summed E-state index contributed by atoms with van der Waals surface area (Å²) in [5.74, 6) is 4.91. The lowest BCUT2D eigenvalue weighted by molar-refractivity contribution is 0.0870. The van der Waals surface area contributed by atoms with Crippen LogP contribution in [0.2, 0.25) is 0 Å². The van der Waals surface area contributed by atoms with Crippen molar-refractivity contribution in [1.82, 2.24) is 5.32 Å². The summed E-state index contributed by atoms with van der Waals surface area (Å²) in [4.78, 5) is 0. The molecule has 0 aromatic rings. The molecule has 1 nitrogen and oxygen atoms in total. The quantitative estimate of drug-likeness (QED) is 0.743. The summed E-state index contributed by atoms with van der Waals surface area (Å²) in [6, 6.07) is 0. The van der Waals surface area contributed by atoms with Gasteiger partial charge >= 0.3 is 0 Å². The van der Waals surface area contributed by atoms with Crippen LogP contribution in [-0.2, 0) is 0 Å². The van der Waals surface area contributed by atoms with Crippen LogP contribution in [0.5, 0.6) is 0 Å². The lowest BCUT2D eigenvalue weighted by atomic mass is 9.64. The van der Waals surface area contributed by atoms with Crippen molar-refractivity contribution < 1.29 is 0 Å². The summed E-state index contributed by atoms with van der Waals surface area (Å²) in [6.45, 7) is 13.1. The maximum absolute atomic E-state index is 3.78. The third-order valence-electron chi connectivity index (χ3n) is 5.87. The first kappa shape index (κ1) is 16.3. The Morgan fingerprint density at radius 3 is 2.05 bits per heavy atom. The largest absolute Gasteiger partial charge is 0.312 e. The molecule has 2 rings (SSSR count). The summed E-state index contributed by atoms with van der Waals surface area (Å²) >= 11 is 0. The molecule has 3 unspecified atom stereocenters. The molecule has 3 atom stereocenters. The zero-order valence-electron chi connectivity index (χ0n) is 14.5. The van der Waals surface area contributed by atoms with E-state index in [4.69, 9.17) is 0 Å². The van der Waals surface area contributed by atoms with Crippen molar-refractivity contribution in [2.45, 2.75) is 85.1 Å². The predicted octanol–water partition coefficient (Wildman–Crippen LogP) is 5.25. The molecule has 1 N–H and O–H groups in total. The maximum Gasteiger partial charge on any atom is 0.00966 e. The molecule has 2 aliphatic carbocycles. The second-order valence-electron chi connectivity index (χ2n) is 8.99. The molecule has 2 aliphatic rings. The summed E-state index contributed by atoms with van der Waals surface area (Å²) in [7, 11) is 0. The fourth-order valence-electron chi connectivity index (χ4n) is 4.47. The Morgan fingerprint density at radius 2 is 1.45 bits per heavy atom. The topological polar surface area (TPSA) is 12.0 Å². The Kier molecular flexibility index (Phi) is 5.56. The first-order valence-corrected chi connectivity index (χ1v) is 9.10. The van der Waals surface area contributed by atoms with E-state index in [1.165, 1.54) is 51.5 Å². The van der Waals surface area contributed by atoms with Gasteiger partial charge in [-0.1, -0.05) is 33.1 Å². The molecule has 0 aromatic carbocycles. The van der Waals surface area contributed by atoms with Gasteiger partial charge in [-0.05, 0) is 82.6 Å². The average molecular weight is 280 g/mol. The molecule has 0 aliphatic heterocycles. The van der Waals surface area contributed by atoms with Crippen LogP contribution in [0.4, 0.5) is 0 Å². The Labute approximate surface area is 127 Å². The van der Waals surface area contributed by atoms with Gasteiger partial charge in [-0.15, -0.1) is 0 Å². The average Bonchev–Trinajstić information content (AvgIpc) is 2.37. The summed E-state index contributed by atoms with van der Waals surface area (Å²) in [5, 5.41) is 3.78. The van der Waals surface area contributed by atoms with Crippen LogP contribution in [0.15, 0.2) is 0 Å². The van der Waals surface area contributed by atoms with E-state index >= 15 is 0 Å². The molecular weight excluding hydrogens is 242 g/mol. The van der Waals surface area contributed by atoms with E-state index in [-0.39, 0.29) is 5.54 Å². The first-order chi connectivity index (χ1) is 9.35. The molecule has 2 saturated carbocycles. The molecule has 0 spiro atoms. The number of nitrogens with one attached hydrogen (secondary N) is 1. The number of hydrogen-bond acceptors (Lipinski definition) is 1. The van der Waals surface area contributed by atoms with E-state index in [0.717, 1.165) is 29.6 Å². The highest BCUT2D eigenvalue weighted by molar-refractivity contribution is 4.88. The van der Waals surface area contributed by atoms with E-state index in [1.807, 2.05) is 0 Å².